The predicted octanol–water partition coefficient (Wildman–Crippen LogP) is 2.51. The Morgan fingerprint density at radius 2 is 1.84 bits per heavy atom. The van der Waals surface area contributed by atoms with Crippen LogP contribution in [0, 0.1) is 5.41 Å². The number of nitrogens with zero attached hydrogens (tertiary/aromatic N) is 2. The molecule has 12 heteroatoms. The lowest BCUT2D eigenvalue weighted by molar-refractivity contribution is 0.0948. The Bertz CT molecular complexity index is 1360. The number of nitrogens with one attached hydrogen (secondary N) is 2. The number of methoxy groups -OCH3 is 1. The Balaban J connectivity index is 2.00. The first kappa shape index (κ1) is 27.9. The van der Waals surface area contributed by atoms with E-state index in [1.807, 2.05) is 20.8 Å². The Morgan fingerprint density at radius 3 is 2.38 bits per heavy atom. The third-order valence-corrected chi connectivity index (χ3v) is 6.18. The van der Waals surface area contributed by atoms with Gasteiger partial charge in [-0.05, 0) is 36.1 Å². The third-order valence-electron chi connectivity index (χ3n) is 5.70. The van der Waals surface area contributed by atoms with Crippen LogP contribution in [-0.2, 0) is 22.1 Å². The Labute approximate surface area is 216 Å². The van der Waals surface area contributed by atoms with Gasteiger partial charge in [-0.1, -0.05) is 20.8 Å². The molecule has 1 aromatic carbocycles. The number of ketones is 1. The van der Waals surface area contributed by atoms with Gasteiger partial charge in [-0.15, -0.1) is 0 Å². The minimum Gasteiger partial charge on any atom is -0.493 e. The van der Waals surface area contributed by atoms with Gasteiger partial charge in [-0.2, -0.15) is 8.42 Å². The number of pyridine rings is 1. The first-order valence-corrected chi connectivity index (χ1v) is 13.4. The molecule has 2 aromatic rings. The van der Waals surface area contributed by atoms with Crippen LogP contribution in [0.4, 0.5) is 0 Å². The lowest BCUT2D eigenvalue weighted by Gasteiger charge is -2.25. The summed E-state index contributed by atoms with van der Waals surface area (Å²) in [6.07, 6.45) is 0.908. The van der Waals surface area contributed by atoms with Gasteiger partial charge >= 0.3 is 10.1 Å². The van der Waals surface area contributed by atoms with Crippen LogP contribution < -0.4 is 19.0 Å². The number of rotatable bonds is 9. The molecule has 1 amide bonds. The molecule has 3 rings (SSSR count). The number of fused-ring (bicyclic) bond motifs is 1. The highest BCUT2D eigenvalue weighted by Crippen LogP contribution is 2.38. The summed E-state index contributed by atoms with van der Waals surface area (Å²) in [5.74, 6) is -0.411. The molecule has 1 aromatic heterocycles. The van der Waals surface area contributed by atoms with Gasteiger partial charge in [-0.3, -0.25) is 15.0 Å². The quantitative estimate of drug-likeness (QED) is 0.367. The van der Waals surface area contributed by atoms with Crippen molar-refractivity contribution in [3.8, 4) is 17.2 Å². The number of carbonyl (C=O) groups excluding carboxylic acids is 2. The molecule has 0 spiro atoms. The normalized spacial score (nSPS) is 13.3. The number of Topliss-reactive ketones (excluding diaryl/α,β-unsaturated/α-hetero) is 1. The van der Waals surface area contributed by atoms with Crippen molar-refractivity contribution in [1.29, 1.82) is 5.41 Å². The second kappa shape index (κ2) is 10.4. The molecule has 0 radical (unpaired) electrons. The van der Waals surface area contributed by atoms with Crippen LogP contribution >= 0.6 is 0 Å². The summed E-state index contributed by atoms with van der Waals surface area (Å²) in [4.78, 5) is 31.8. The van der Waals surface area contributed by atoms with Crippen LogP contribution in [0.2, 0.25) is 0 Å². The van der Waals surface area contributed by atoms with Crippen LogP contribution in [0.15, 0.2) is 18.2 Å². The lowest BCUT2D eigenvalue weighted by Crippen LogP contribution is -2.32. The van der Waals surface area contributed by atoms with Gasteiger partial charge in [0.1, 0.15) is 11.5 Å². The maximum Gasteiger partial charge on any atom is 0.306 e. The maximum absolute atomic E-state index is 13.6. The van der Waals surface area contributed by atoms with Gasteiger partial charge in [-0.25, -0.2) is 4.98 Å². The number of hydrogen-bond donors (Lipinski definition) is 2. The summed E-state index contributed by atoms with van der Waals surface area (Å²) in [6, 6.07) is 4.63. The average molecular weight is 533 g/mol. The topological polar surface area (TPSA) is 148 Å². The summed E-state index contributed by atoms with van der Waals surface area (Å²) in [7, 11) is -1.01. The van der Waals surface area contributed by atoms with E-state index in [4.69, 9.17) is 19.1 Å². The molecule has 11 nitrogen and oxygen atoms in total. The van der Waals surface area contributed by atoms with E-state index in [0.29, 0.717) is 29.2 Å². The molecule has 0 aliphatic carbocycles. The van der Waals surface area contributed by atoms with Crippen LogP contribution in [0.25, 0.3) is 0 Å². The molecule has 1 aliphatic rings. The van der Waals surface area contributed by atoms with E-state index in [1.165, 1.54) is 25.1 Å². The molecular formula is C25H32N4O7S. The molecule has 1 aliphatic heterocycles. The van der Waals surface area contributed by atoms with Crippen molar-refractivity contribution in [3.05, 3.63) is 46.3 Å². The largest absolute Gasteiger partial charge is 0.493 e. The minimum absolute atomic E-state index is 0.00465. The van der Waals surface area contributed by atoms with E-state index in [0.717, 1.165) is 6.26 Å². The van der Waals surface area contributed by atoms with E-state index >= 15 is 0 Å². The van der Waals surface area contributed by atoms with E-state index < -0.39 is 21.4 Å². The highest BCUT2D eigenvalue weighted by atomic mass is 32.2. The van der Waals surface area contributed by atoms with E-state index in [1.54, 1.807) is 19.1 Å². The molecule has 0 atom stereocenters. The summed E-state index contributed by atoms with van der Waals surface area (Å²) in [5, 5.41) is 11.1. The van der Waals surface area contributed by atoms with Crippen LogP contribution in [0.3, 0.4) is 0 Å². The van der Waals surface area contributed by atoms with Crippen molar-refractivity contribution >= 4 is 27.6 Å². The fourth-order valence-corrected chi connectivity index (χ4v) is 4.49. The monoisotopic (exact) mass is 532 g/mol. The number of hydrogen-bond acceptors (Lipinski definition) is 9. The molecule has 0 bridgehead atoms. The molecule has 0 unspecified atom stereocenters. The first-order valence-electron chi connectivity index (χ1n) is 11.6. The molecule has 0 saturated heterocycles. The Morgan fingerprint density at radius 1 is 1.16 bits per heavy atom. The third kappa shape index (κ3) is 6.01. The summed E-state index contributed by atoms with van der Waals surface area (Å²) >= 11 is 0. The summed E-state index contributed by atoms with van der Waals surface area (Å²) < 4.78 is 39.6. The molecule has 200 valence electrons. The van der Waals surface area contributed by atoms with Gasteiger partial charge in [0, 0.05) is 24.7 Å². The Kier molecular flexibility index (Phi) is 7.82. The Hall–Kier alpha value is -3.67. The van der Waals surface area contributed by atoms with Crippen LogP contribution in [-0.4, -0.2) is 69.4 Å². The highest BCUT2D eigenvalue weighted by Gasteiger charge is 2.33. The fraction of sp³-hybridized carbons (Fsp3) is 0.440. The lowest BCUT2D eigenvalue weighted by atomic mass is 9.82. The SMILES string of the molecule is CCOc1cc2c(nc1C(=O)NC)C(=N)N(CC(=O)c1cc(OS(C)(=O)=O)c(OC)cc1C(C)(C)C)C2. The molecule has 37 heavy (non-hydrogen) atoms. The number of amidine groups is 1. The molecule has 2 heterocycles. The standard InChI is InChI=1S/C25H32N4O7S/c1-8-35-20-9-14-12-29(23(26)21(14)28-22(20)24(31)27-5)13-17(30)15-10-19(36-37(7,32)33)18(34-6)11-16(15)25(2,3)4/h9-11,26H,8,12-13H2,1-7H3,(H,27,31). The van der Waals surface area contributed by atoms with Crippen molar-refractivity contribution in [3.63, 3.8) is 0 Å². The zero-order valence-electron chi connectivity index (χ0n) is 22.0. The van der Waals surface area contributed by atoms with Crippen molar-refractivity contribution in [2.75, 3.05) is 33.6 Å². The van der Waals surface area contributed by atoms with E-state index in [2.05, 4.69) is 10.3 Å². The van der Waals surface area contributed by atoms with Crippen LogP contribution in [0.1, 0.15) is 65.4 Å². The predicted molar refractivity (Wildman–Crippen MR) is 138 cm³/mol. The van der Waals surface area contributed by atoms with E-state index in [-0.39, 0.29) is 47.5 Å². The van der Waals surface area contributed by atoms with Gasteiger partial charge in [0.2, 0.25) is 0 Å². The van der Waals surface area contributed by atoms with Crippen LogP contribution in [0.5, 0.6) is 17.2 Å². The zero-order valence-corrected chi connectivity index (χ0v) is 22.8. The van der Waals surface area contributed by atoms with Crippen molar-refractivity contribution in [2.45, 2.75) is 39.7 Å². The smallest absolute Gasteiger partial charge is 0.306 e. The number of ether oxygens (including phenoxy) is 2. The summed E-state index contributed by atoms with van der Waals surface area (Å²) in [5.41, 5.74) is 1.41. The van der Waals surface area contributed by atoms with Gasteiger partial charge in [0.25, 0.3) is 5.91 Å². The van der Waals surface area contributed by atoms with Crippen molar-refractivity contribution in [1.82, 2.24) is 15.2 Å². The van der Waals surface area contributed by atoms with E-state index in [9.17, 15) is 18.0 Å². The maximum atomic E-state index is 13.6. The van der Waals surface area contributed by atoms with Gasteiger partial charge in [0.15, 0.2) is 28.7 Å². The zero-order chi connectivity index (χ0) is 27.7. The average Bonchev–Trinajstić information content (AvgIpc) is 3.10. The van der Waals surface area contributed by atoms with Crippen molar-refractivity contribution in [2.24, 2.45) is 0 Å². The summed E-state index contributed by atoms with van der Waals surface area (Å²) in [6.45, 7) is 7.91. The molecule has 0 fully saturated rings. The van der Waals surface area contributed by atoms with Gasteiger partial charge in [0.05, 0.1) is 26.5 Å². The highest BCUT2D eigenvalue weighted by molar-refractivity contribution is 7.86. The van der Waals surface area contributed by atoms with Crippen molar-refractivity contribution < 1.29 is 31.7 Å². The second-order valence-electron chi connectivity index (χ2n) is 9.57. The van der Waals surface area contributed by atoms with Gasteiger partial charge < -0.3 is 23.9 Å². The number of aromatic nitrogens is 1. The fourth-order valence-electron chi connectivity index (χ4n) is 4.03. The second-order valence-corrected chi connectivity index (χ2v) is 11.1. The number of amides is 1. The molecular weight excluding hydrogens is 500 g/mol. The first-order chi connectivity index (χ1) is 17.2. The minimum atomic E-state index is -3.88. The number of carbonyl (C=O) groups is 2. The molecule has 2 N–H and O–H groups in total. The molecule has 0 saturated carbocycles. The number of benzene rings is 1.